The summed E-state index contributed by atoms with van der Waals surface area (Å²) in [6.45, 7) is 11.6. The van der Waals surface area contributed by atoms with Gasteiger partial charge in [-0.1, -0.05) is 0 Å². The predicted molar refractivity (Wildman–Crippen MR) is 63.0 cm³/mol. The number of hydrogen-bond donors (Lipinski definition) is 1. The Balaban J connectivity index is 2.50. The molecule has 1 rings (SSSR count). The van der Waals surface area contributed by atoms with Crippen molar-refractivity contribution in [3.63, 3.8) is 0 Å². The fourth-order valence-electron chi connectivity index (χ4n) is 1.15. The van der Waals surface area contributed by atoms with E-state index in [-0.39, 0.29) is 11.6 Å². The van der Waals surface area contributed by atoms with Crippen LogP contribution in [0.2, 0.25) is 0 Å². The summed E-state index contributed by atoms with van der Waals surface area (Å²) in [7, 11) is 0. The molecule has 0 aliphatic heterocycles. The van der Waals surface area contributed by atoms with E-state index < -0.39 is 0 Å². The van der Waals surface area contributed by atoms with Crippen molar-refractivity contribution in [1.82, 2.24) is 10.3 Å². The minimum atomic E-state index is 0.0785. The second kappa shape index (κ2) is 5.46. The molecular weight excluding hydrogens is 204 g/mol. The Morgan fingerprint density at radius 1 is 1.44 bits per heavy atom. The molecule has 0 spiro atoms. The highest BCUT2D eigenvalue weighted by atomic mass is 16.5. The zero-order valence-corrected chi connectivity index (χ0v) is 10.8. The zero-order valence-electron chi connectivity index (χ0n) is 10.8. The minimum absolute atomic E-state index is 0.0785. The molecule has 1 aromatic rings. The smallest absolute Gasteiger partial charge is 0.181 e. The van der Waals surface area contributed by atoms with Gasteiger partial charge in [0.2, 0.25) is 0 Å². The molecule has 0 saturated carbocycles. The van der Waals surface area contributed by atoms with Gasteiger partial charge in [0, 0.05) is 12.1 Å². The average Bonchev–Trinajstić information content (AvgIpc) is 2.57. The van der Waals surface area contributed by atoms with Crippen LogP contribution < -0.4 is 5.32 Å². The maximum absolute atomic E-state index is 5.50. The topological polar surface area (TPSA) is 47.3 Å². The van der Waals surface area contributed by atoms with Gasteiger partial charge in [-0.05, 0) is 34.6 Å². The van der Waals surface area contributed by atoms with Crippen molar-refractivity contribution < 1.29 is 9.15 Å². The Morgan fingerprint density at radius 2 is 2.12 bits per heavy atom. The van der Waals surface area contributed by atoms with E-state index in [9.17, 15) is 0 Å². The standard InChI is InChI=1S/C12H22N2O2/c1-9(2)15-7-11-10(13-8-16-11)6-14-12(3,4)5/h8-9,14H,6-7H2,1-5H3. The highest BCUT2D eigenvalue weighted by molar-refractivity contribution is 5.06. The van der Waals surface area contributed by atoms with Crippen molar-refractivity contribution >= 4 is 0 Å². The molecule has 1 N–H and O–H groups in total. The van der Waals surface area contributed by atoms with Crippen molar-refractivity contribution in [3.05, 3.63) is 17.8 Å². The van der Waals surface area contributed by atoms with Gasteiger partial charge >= 0.3 is 0 Å². The maximum atomic E-state index is 5.50. The van der Waals surface area contributed by atoms with Crippen LogP contribution in [0, 0.1) is 0 Å². The molecule has 0 aliphatic rings. The number of ether oxygens (including phenoxy) is 1. The zero-order chi connectivity index (χ0) is 12.2. The summed E-state index contributed by atoms with van der Waals surface area (Å²) < 4.78 is 10.8. The lowest BCUT2D eigenvalue weighted by Crippen LogP contribution is -2.35. The fourth-order valence-corrected chi connectivity index (χ4v) is 1.15. The number of rotatable bonds is 5. The van der Waals surface area contributed by atoms with Gasteiger partial charge in [0.05, 0.1) is 11.8 Å². The molecule has 0 aliphatic carbocycles. The number of aromatic nitrogens is 1. The van der Waals surface area contributed by atoms with Gasteiger partial charge in [-0.25, -0.2) is 4.98 Å². The maximum Gasteiger partial charge on any atom is 0.181 e. The Kier molecular flexibility index (Phi) is 4.50. The lowest BCUT2D eigenvalue weighted by molar-refractivity contribution is 0.0538. The first-order valence-electron chi connectivity index (χ1n) is 5.66. The molecule has 16 heavy (non-hydrogen) atoms. The largest absolute Gasteiger partial charge is 0.446 e. The molecule has 0 radical (unpaired) electrons. The van der Waals surface area contributed by atoms with E-state index in [4.69, 9.17) is 9.15 Å². The lowest BCUT2D eigenvalue weighted by atomic mass is 10.1. The summed E-state index contributed by atoms with van der Waals surface area (Å²) in [4.78, 5) is 4.19. The van der Waals surface area contributed by atoms with Crippen LogP contribution in [-0.2, 0) is 17.9 Å². The van der Waals surface area contributed by atoms with Gasteiger partial charge in [0.1, 0.15) is 6.61 Å². The van der Waals surface area contributed by atoms with Crippen molar-refractivity contribution in [1.29, 1.82) is 0 Å². The summed E-state index contributed by atoms with van der Waals surface area (Å²) in [5.41, 5.74) is 1.00. The lowest BCUT2D eigenvalue weighted by Gasteiger charge is -2.19. The Bertz CT molecular complexity index is 313. The monoisotopic (exact) mass is 226 g/mol. The van der Waals surface area contributed by atoms with Crippen LogP contribution in [0.5, 0.6) is 0 Å². The number of hydrogen-bond acceptors (Lipinski definition) is 4. The molecule has 0 amide bonds. The van der Waals surface area contributed by atoms with Crippen LogP contribution in [0.15, 0.2) is 10.8 Å². The third kappa shape index (κ3) is 4.77. The molecule has 0 bridgehead atoms. The molecule has 1 aromatic heterocycles. The Labute approximate surface area is 97.4 Å². The van der Waals surface area contributed by atoms with Crippen LogP contribution in [0.3, 0.4) is 0 Å². The SMILES string of the molecule is CC(C)OCc1ocnc1CNC(C)(C)C. The first-order chi connectivity index (χ1) is 7.38. The number of nitrogens with zero attached hydrogens (tertiary/aromatic N) is 1. The molecule has 0 saturated heterocycles. The quantitative estimate of drug-likeness (QED) is 0.838. The van der Waals surface area contributed by atoms with Crippen molar-refractivity contribution in [3.8, 4) is 0 Å². The molecular formula is C12H22N2O2. The average molecular weight is 226 g/mol. The predicted octanol–water partition coefficient (Wildman–Crippen LogP) is 2.49. The first kappa shape index (κ1) is 13.2. The summed E-state index contributed by atoms with van der Waals surface area (Å²) in [6.07, 6.45) is 1.67. The van der Waals surface area contributed by atoms with E-state index in [0.29, 0.717) is 13.2 Å². The van der Waals surface area contributed by atoms with E-state index in [1.165, 1.54) is 6.39 Å². The van der Waals surface area contributed by atoms with E-state index in [2.05, 4.69) is 31.1 Å². The van der Waals surface area contributed by atoms with Crippen LogP contribution >= 0.6 is 0 Å². The first-order valence-corrected chi connectivity index (χ1v) is 5.66. The molecule has 0 aromatic carbocycles. The second-order valence-corrected chi connectivity index (χ2v) is 5.19. The van der Waals surface area contributed by atoms with Gasteiger partial charge in [0.25, 0.3) is 0 Å². The molecule has 4 heteroatoms. The summed E-state index contributed by atoms with van der Waals surface area (Å²) in [5.74, 6) is 0.811. The second-order valence-electron chi connectivity index (χ2n) is 5.19. The highest BCUT2D eigenvalue weighted by Gasteiger charge is 2.13. The van der Waals surface area contributed by atoms with Crippen LogP contribution in [-0.4, -0.2) is 16.6 Å². The number of nitrogens with one attached hydrogen (secondary N) is 1. The number of oxazole rings is 1. The molecule has 0 unspecified atom stereocenters. The molecule has 0 atom stereocenters. The molecule has 92 valence electrons. The third-order valence-electron chi connectivity index (χ3n) is 2.06. The molecule has 0 fully saturated rings. The highest BCUT2D eigenvalue weighted by Crippen LogP contribution is 2.11. The Morgan fingerprint density at radius 3 is 2.69 bits per heavy atom. The van der Waals surface area contributed by atoms with Gasteiger partial charge < -0.3 is 14.5 Å². The molecule has 4 nitrogen and oxygen atoms in total. The Hall–Kier alpha value is -0.870. The van der Waals surface area contributed by atoms with Gasteiger partial charge in [0.15, 0.2) is 12.2 Å². The molecule has 1 heterocycles. The fraction of sp³-hybridized carbons (Fsp3) is 0.750. The van der Waals surface area contributed by atoms with Gasteiger partial charge in [-0.2, -0.15) is 0 Å². The third-order valence-corrected chi connectivity index (χ3v) is 2.06. The van der Waals surface area contributed by atoms with Gasteiger partial charge in [-0.3, -0.25) is 0 Å². The summed E-state index contributed by atoms with van der Waals surface area (Å²) >= 11 is 0. The van der Waals surface area contributed by atoms with Gasteiger partial charge in [-0.15, -0.1) is 0 Å². The van der Waals surface area contributed by atoms with Crippen molar-refractivity contribution in [2.45, 2.75) is 59.4 Å². The van der Waals surface area contributed by atoms with E-state index in [0.717, 1.165) is 11.5 Å². The van der Waals surface area contributed by atoms with Crippen LogP contribution in [0.4, 0.5) is 0 Å². The minimum Gasteiger partial charge on any atom is -0.446 e. The summed E-state index contributed by atoms with van der Waals surface area (Å²) in [5, 5.41) is 3.37. The van der Waals surface area contributed by atoms with Crippen LogP contribution in [0.25, 0.3) is 0 Å². The van der Waals surface area contributed by atoms with E-state index in [1.807, 2.05) is 13.8 Å². The van der Waals surface area contributed by atoms with Crippen molar-refractivity contribution in [2.24, 2.45) is 0 Å². The van der Waals surface area contributed by atoms with Crippen molar-refractivity contribution in [2.75, 3.05) is 0 Å². The normalized spacial score (nSPS) is 12.4. The van der Waals surface area contributed by atoms with Crippen LogP contribution in [0.1, 0.15) is 46.1 Å². The van der Waals surface area contributed by atoms with E-state index in [1.54, 1.807) is 0 Å². The van der Waals surface area contributed by atoms with E-state index >= 15 is 0 Å². The summed E-state index contributed by atoms with van der Waals surface area (Å²) in [6, 6.07) is 0.